The summed E-state index contributed by atoms with van der Waals surface area (Å²) < 4.78 is 38.7. The van der Waals surface area contributed by atoms with Gasteiger partial charge in [0.15, 0.2) is 17.5 Å². The van der Waals surface area contributed by atoms with Gasteiger partial charge in [-0.2, -0.15) is 0 Å². The number of carboxylic acid groups (broad SMARTS) is 1. The Bertz CT molecular complexity index is 403. The molecule has 1 N–H and O–H groups in total. The minimum atomic E-state index is -1.69. The molecule has 6 heteroatoms. The number of hydrogen-bond donors (Lipinski definition) is 1. The van der Waals surface area contributed by atoms with E-state index in [4.69, 9.17) is 16.7 Å². The lowest BCUT2D eigenvalue weighted by Crippen LogP contribution is -2.08. The van der Waals surface area contributed by atoms with Crippen molar-refractivity contribution >= 4 is 17.6 Å². The van der Waals surface area contributed by atoms with Gasteiger partial charge in [-0.15, -0.1) is 0 Å². The quantitative estimate of drug-likeness (QED) is 0.635. The highest BCUT2D eigenvalue weighted by Gasteiger charge is 2.22. The molecule has 2 nitrogen and oxygen atoms in total. The van der Waals surface area contributed by atoms with E-state index in [-0.39, 0.29) is 11.1 Å². The van der Waals surface area contributed by atoms with Crippen molar-refractivity contribution in [3.05, 3.63) is 33.6 Å². The first kappa shape index (κ1) is 11.8. The molecule has 15 heavy (non-hydrogen) atoms. The molecule has 0 aliphatic carbocycles. The maximum Gasteiger partial charge on any atom is 0.307 e. The molecule has 0 heterocycles. The van der Waals surface area contributed by atoms with Crippen molar-refractivity contribution < 1.29 is 23.1 Å². The van der Waals surface area contributed by atoms with Crippen LogP contribution < -0.4 is 0 Å². The van der Waals surface area contributed by atoms with Gasteiger partial charge in [-0.3, -0.25) is 4.79 Å². The topological polar surface area (TPSA) is 37.3 Å². The molecule has 0 amide bonds. The molecule has 0 fully saturated rings. The van der Waals surface area contributed by atoms with Crippen molar-refractivity contribution in [2.45, 2.75) is 13.3 Å². The molecular formula is C9H6ClF3O2. The van der Waals surface area contributed by atoms with Crippen molar-refractivity contribution in [2.75, 3.05) is 0 Å². The van der Waals surface area contributed by atoms with Gasteiger partial charge in [0.25, 0.3) is 0 Å². The number of halogens is 4. The van der Waals surface area contributed by atoms with Crippen LogP contribution in [0.5, 0.6) is 0 Å². The van der Waals surface area contributed by atoms with Crippen LogP contribution >= 0.6 is 11.6 Å². The molecule has 1 aromatic rings. The maximum absolute atomic E-state index is 13.0. The largest absolute Gasteiger partial charge is 0.481 e. The lowest BCUT2D eigenvalue weighted by molar-refractivity contribution is -0.136. The molecule has 0 saturated heterocycles. The molecule has 0 aliphatic heterocycles. The molecule has 0 radical (unpaired) electrons. The predicted octanol–water partition coefficient (Wildman–Crippen LogP) is 2.69. The van der Waals surface area contributed by atoms with E-state index in [1.807, 2.05) is 0 Å². The Kier molecular flexibility index (Phi) is 3.24. The molecule has 0 saturated carbocycles. The summed E-state index contributed by atoms with van der Waals surface area (Å²) in [6.45, 7) is 1.14. The van der Waals surface area contributed by atoms with E-state index < -0.39 is 34.9 Å². The minimum absolute atomic E-state index is 0.249. The van der Waals surface area contributed by atoms with Crippen molar-refractivity contribution in [3.8, 4) is 0 Å². The van der Waals surface area contributed by atoms with Crippen LogP contribution in [0.3, 0.4) is 0 Å². The molecule has 0 atom stereocenters. The standard InChI is InChI=1S/C9H6ClF3O2/c1-3-4(2-5(14)15)6(10)8(12)9(13)7(3)11/h2H2,1H3,(H,14,15). The first-order valence-electron chi connectivity index (χ1n) is 3.89. The minimum Gasteiger partial charge on any atom is -0.481 e. The zero-order valence-electron chi connectivity index (χ0n) is 7.57. The summed E-state index contributed by atoms with van der Waals surface area (Å²) in [6.07, 6.45) is -0.654. The van der Waals surface area contributed by atoms with Crippen LogP contribution in [0.1, 0.15) is 11.1 Å². The Morgan fingerprint density at radius 2 is 1.80 bits per heavy atom. The summed E-state index contributed by atoms with van der Waals surface area (Å²) in [7, 11) is 0. The smallest absolute Gasteiger partial charge is 0.307 e. The van der Waals surface area contributed by atoms with Crippen LogP contribution in [0, 0.1) is 24.4 Å². The number of benzene rings is 1. The summed E-state index contributed by atoms with van der Waals surface area (Å²) in [5.74, 6) is -5.96. The molecule has 0 unspecified atom stereocenters. The molecular weight excluding hydrogens is 233 g/mol. The van der Waals surface area contributed by atoms with E-state index in [0.717, 1.165) is 6.92 Å². The maximum atomic E-state index is 13.0. The van der Waals surface area contributed by atoms with Crippen molar-refractivity contribution in [2.24, 2.45) is 0 Å². The molecule has 0 aliphatic rings. The van der Waals surface area contributed by atoms with Crippen molar-refractivity contribution in [3.63, 3.8) is 0 Å². The van der Waals surface area contributed by atoms with Crippen LogP contribution in [0.4, 0.5) is 13.2 Å². The average Bonchev–Trinajstić information content (AvgIpc) is 2.18. The van der Waals surface area contributed by atoms with Gasteiger partial charge in [0.05, 0.1) is 11.4 Å². The summed E-state index contributed by atoms with van der Waals surface area (Å²) in [6, 6.07) is 0. The molecule has 82 valence electrons. The predicted molar refractivity (Wildman–Crippen MR) is 47.4 cm³/mol. The van der Waals surface area contributed by atoms with E-state index in [0.29, 0.717) is 0 Å². The lowest BCUT2D eigenvalue weighted by atomic mass is 10.0. The van der Waals surface area contributed by atoms with Gasteiger partial charge in [-0.05, 0) is 18.1 Å². The van der Waals surface area contributed by atoms with Crippen molar-refractivity contribution in [1.29, 1.82) is 0 Å². The molecule has 0 aromatic heterocycles. The first-order chi connectivity index (χ1) is 6.86. The van der Waals surface area contributed by atoms with E-state index in [1.165, 1.54) is 0 Å². The second kappa shape index (κ2) is 4.10. The Morgan fingerprint density at radius 3 is 2.27 bits per heavy atom. The first-order valence-corrected chi connectivity index (χ1v) is 4.27. The van der Waals surface area contributed by atoms with Gasteiger partial charge in [-0.1, -0.05) is 11.6 Å². The zero-order valence-corrected chi connectivity index (χ0v) is 8.33. The van der Waals surface area contributed by atoms with E-state index >= 15 is 0 Å². The van der Waals surface area contributed by atoms with Gasteiger partial charge in [0.1, 0.15) is 0 Å². The van der Waals surface area contributed by atoms with Crippen LogP contribution in [-0.2, 0) is 11.2 Å². The van der Waals surface area contributed by atoms with Gasteiger partial charge in [0, 0.05) is 0 Å². The number of carbonyl (C=O) groups is 1. The molecule has 1 rings (SSSR count). The third kappa shape index (κ3) is 2.07. The van der Waals surface area contributed by atoms with E-state index in [1.54, 1.807) is 0 Å². The lowest BCUT2D eigenvalue weighted by Gasteiger charge is -2.09. The number of carboxylic acids is 1. The fourth-order valence-corrected chi connectivity index (χ4v) is 1.44. The fraction of sp³-hybridized carbons (Fsp3) is 0.222. The Hall–Kier alpha value is -1.23. The second-order valence-corrected chi connectivity index (χ2v) is 3.31. The number of aliphatic carboxylic acids is 1. The molecule has 0 bridgehead atoms. The van der Waals surface area contributed by atoms with Gasteiger partial charge in [-0.25, -0.2) is 13.2 Å². The monoisotopic (exact) mass is 238 g/mol. The number of rotatable bonds is 2. The number of hydrogen-bond acceptors (Lipinski definition) is 1. The highest BCUT2D eigenvalue weighted by Crippen LogP contribution is 2.28. The van der Waals surface area contributed by atoms with Crippen LogP contribution in [0.25, 0.3) is 0 Å². The Morgan fingerprint density at radius 1 is 1.27 bits per heavy atom. The third-order valence-electron chi connectivity index (χ3n) is 1.95. The third-order valence-corrected chi connectivity index (χ3v) is 2.35. The van der Waals surface area contributed by atoms with E-state index in [9.17, 15) is 18.0 Å². The average molecular weight is 239 g/mol. The SMILES string of the molecule is Cc1c(F)c(F)c(F)c(Cl)c1CC(=O)O. The van der Waals surface area contributed by atoms with Gasteiger partial charge >= 0.3 is 5.97 Å². The highest BCUT2D eigenvalue weighted by molar-refractivity contribution is 6.31. The van der Waals surface area contributed by atoms with Crippen LogP contribution in [0.15, 0.2) is 0 Å². The molecule has 0 spiro atoms. The molecule has 1 aromatic carbocycles. The van der Waals surface area contributed by atoms with Crippen LogP contribution in [0.2, 0.25) is 5.02 Å². The van der Waals surface area contributed by atoms with Gasteiger partial charge < -0.3 is 5.11 Å². The Balaban J connectivity index is 3.45. The fourth-order valence-electron chi connectivity index (χ4n) is 1.15. The summed E-state index contributed by atoms with van der Waals surface area (Å²) in [5.41, 5.74) is -0.540. The van der Waals surface area contributed by atoms with Gasteiger partial charge in [0.2, 0.25) is 0 Å². The normalized spacial score (nSPS) is 10.5. The Labute approximate surface area is 88.3 Å². The summed E-state index contributed by atoms with van der Waals surface area (Å²) >= 11 is 5.37. The summed E-state index contributed by atoms with van der Waals surface area (Å²) in [5, 5.41) is 7.78. The van der Waals surface area contributed by atoms with Crippen LogP contribution in [-0.4, -0.2) is 11.1 Å². The second-order valence-electron chi connectivity index (χ2n) is 2.93. The highest BCUT2D eigenvalue weighted by atomic mass is 35.5. The van der Waals surface area contributed by atoms with E-state index in [2.05, 4.69) is 0 Å². The zero-order chi connectivity index (χ0) is 11.7. The van der Waals surface area contributed by atoms with Crippen molar-refractivity contribution in [1.82, 2.24) is 0 Å². The summed E-state index contributed by atoms with van der Waals surface area (Å²) in [4.78, 5) is 10.4.